The molecule has 9 heteroatoms. The van der Waals surface area contributed by atoms with E-state index in [2.05, 4.69) is 61.5 Å². The first-order valence-corrected chi connectivity index (χ1v) is 14.0. The zero-order chi connectivity index (χ0) is 23.8. The fourth-order valence-corrected chi connectivity index (χ4v) is 7.94. The number of nitrogens with zero attached hydrogens (tertiary/aromatic N) is 3. The number of thiophene rings is 2. The fraction of sp³-hybridized carbons (Fsp3) is 0.385. The maximum Gasteiger partial charge on any atom is 0.320 e. The Morgan fingerprint density at radius 2 is 1.97 bits per heavy atom. The summed E-state index contributed by atoms with van der Waals surface area (Å²) in [5.74, 6) is 0. The van der Waals surface area contributed by atoms with Crippen molar-refractivity contribution < 1.29 is 4.79 Å². The van der Waals surface area contributed by atoms with Gasteiger partial charge in [0.1, 0.15) is 10.0 Å². The number of likely N-dealkylation sites (N-methyl/N-ethyl adjacent to an activating group) is 1. The van der Waals surface area contributed by atoms with Crippen molar-refractivity contribution in [3.05, 3.63) is 63.5 Å². The first-order chi connectivity index (χ1) is 17.2. The van der Waals surface area contributed by atoms with Crippen LogP contribution in [0.5, 0.6) is 0 Å². The standard InChI is InChI=1S/C26H30N6OS2/c1-2-31-12-9-17-19(25(35-22(17)15-31)32-10-5-6-11-32)13-28-26(33)30-24-23(20-14-27-16-29-20)18-7-3-4-8-21(18)34-24/h5-6,10-11,14,16H,2-4,7-9,12-13,15H2,1H3,(H,27,29)(H2,28,30,33). The number of H-pyrrole nitrogens is 1. The summed E-state index contributed by atoms with van der Waals surface area (Å²) in [6.45, 7) is 5.86. The molecular weight excluding hydrogens is 476 g/mol. The Hall–Kier alpha value is -2.88. The van der Waals surface area contributed by atoms with Crippen molar-refractivity contribution in [2.45, 2.75) is 52.1 Å². The molecule has 0 saturated carbocycles. The Balaban J connectivity index is 1.24. The lowest BCUT2D eigenvalue weighted by Gasteiger charge is -2.25. The molecule has 2 aliphatic rings. The third kappa shape index (κ3) is 4.32. The van der Waals surface area contributed by atoms with Gasteiger partial charge in [-0.2, -0.15) is 0 Å². The molecule has 5 heterocycles. The molecule has 1 aliphatic carbocycles. The SMILES string of the molecule is CCN1CCc2c(sc(-n3cccc3)c2CNC(=O)Nc2sc3c(c2-c2c[nH]cn2)CCCC3)C1. The summed E-state index contributed by atoms with van der Waals surface area (Å²) in [6, 6.07) is 3.94. The molecule has 4 aromatic rings. The second kappa shape index (κ2) is 9.64. The number of aromatic nitrogens is 3. The van der Waals surface area contributed by atoms with E-state index in [-0.39, 0.29) is 6.03 Å². The van der Waals surface area contributed by atoms with Crippen LogP contribution in [0, 0.1) is 0 Å². The van der Waals surface area contributed by atoms with Crippen molar-refractivity contribution in [3.63, 3.8) is 0 Å². The van der Waals surface area contributed by atoms with Gasteiger partial charge in [0, 0.05) is 59.1 Å². The van der Waals surface area contributed by atoms with Gasteiger partial charge in [-0.3, -0.25) is 10.2 Å². The van der Waals surface area contributed by atoms with E-state index in [1.54, 1.807) is 17.7 Å². The van der Waals surface area contributed by atoms with E-state index >= 15 is 0 Å². The summed E-state index contributed by atoms with van der Waals surface area (Å²) in [6.07, 6.45) is 13.3. The minimum Gasteiger partial charge on any atom is -0.351 e. The normalized spacial score (nSPS) is 15.6. The molecule has 3 N–H and O–H groups in total. The number of anilines is 1. The first kappa shape index (κ1) is 22.6. The molecule has 7 nitrogen and oxygen atoms in total. The van der Waals surface area contributed by atoms with E-state index in [4.69, 9.17) is 0 Å². The lowest BCUT2D eigenvalue weighted by atomic mass is 9.94. The Labute approximate surface area is 213 Å². The molecule has 0 atom stereocenters. The number of urea groups is 1. The smallest absolute Gasteiger partial charge is 0.320 e. The largest absolute Gasteiger partial charge is 0.351 e. The number of amides is 2. The van der Waals surface area contributed by atoms with Crippen LogP contribution in [0.2, 0.25) is 0 Å². The number of carbonyl (C=O) groups is 1. The predicted molar refractivity (Wildman–Crippen MR) is 143 cm³/mol. The molecule has 0 spiro atoms. The number of rotatable bonds is 6. The number of imidazole rings is 1. The van der Waals surface area contributed by atoms with Crippen molar-refractivity contribution in [2.24, 2.45) is 0 Å². The minimum absolute atomic E-state index is 0.162. The average Bonchev–Trinajstić information content (AvgIpc) is 3.67. The van der Waals surface area contributed by atoms with Crippen molar-refractivity contribution >= 4 is 33.7 Å². The average molecular weight is 507 g/mol. The van der Waals surface area contributed by atoms with Crippen LogP contribution in [0.3, 0.4) is 0 Å². The highest BCUT2D eigenvalue weighted by Crippen LogP contribution is 2.43. The predicted octanol–water partition coefficient (Wildman–Crippen LogP) is 5.57. The molecule has 2 amide bonds. The van der Waals surface area contributed by atoms with Gasteiger partial charge in [0.2, 0.25) is 0 Å². The number of aryl methyl sites for hydroxylation is 1. The van der Waals surface area contributed by atoms with Crippen LogP contribution in [0.1, 0.15) is 46.2 Å². The Bertz CT molecular complexity index is 1320. The molecule has 35 heavy (non-hydrogen) atoms. The number of hydrogen-bond donors (Lipinski definition) is 3. The van der Waals surface area contributed by atoms with Crippen LogP contribution in [-0.4, -0.2) is 38.6 Å². The zero-order valence-electron chi connectivity index (χ0n) is 19.9. The van der Waals surface area contributed by atoms with E-state index in [1.807, 2.05) is 17.5 Å². The molecule has 6 rings (SSSR count). The number of hydrogen-bond acceptors (Lipinski definition) is 5. The van der Waals surface area contributed by atoms with Crippen LogP contribution < -0.4 is 10.6 Å². The lowest BCUT2D eigenvalue weighted by molar-refractivity contribution is 0.251. The summed E-state index contributed by atoms with van der Waals surface area (Å²) in [5, 5.41) is 8.46. The van der Waals surface area contributed by atoms with Gasteiger partial charge < -0.3 is 14.9 Å². The van der Waals surface area contributed by atoms with Gasteiger partial charge in [-0.15, -0.1) is 22.7 Å². The van der Waals surface area contributed by atoms with E-state index < -0.39 is 0 Å². The summed E-state index contributed by atoms with van der Waals surface area (Å²) in [4.78, 5) is 26.0. The van der Waals surface area contributed by atoms with Crippen LogP contribution in [0.25, 0.3) is 16.3 Å². The maximum atomic E-state index is 13.2. The number of fused-ring (bicyclic) bond motifs is 2. The highest BCUT2D eigenvalue weighted by Gasteiger charge is 2.26. The minimum atomic E-state index is -0.162. The topological polar surface area (TPSA) is 78.0 Å². The Kier molecular flexibility index (Phi) is 6.22. The van der Waals surface area contributed by atoms with Crippen LogP contribution >= 0.6 is 22.7 Å². The molecule has 0 unspecified atom stereocenters. The van der Waals surface area contributed by atoms with Crippen LogP contribution in [0.15, 0.2) is 37.1 Å². The highest BCUT2D eigenvalue weighted by molar-refractivity contribution is 7.17. The molecule has 0 radical (unpaired) electrons. The summed E-state index contributed by atoms with van der Waals surface area (Å²) >= 11 is 3.56. The molecule has 0 aromatic carbocycles. The van der Waals surface area contributed by atoms with Crippen LogP contribution in [-0.2, 0) is 32.4 Å². The third-order valence-corrected chi connectivity index (χ3v) is 9.57. The zero-order valence-corrected chi connectivity index (χ0v) is 21.5. The van der Waals surface area contributed by atoms with Gasteiger partial charge in [-0.05, 0) is 61.9 Å². The summed E-state index contributed by atoms with van der Waals surface area (Å²) in [5.41, 5.74) is 5.99. The maximum absolute atomic E-state index is 13.2. The number of carbonyl (C=O) groups excluding carboxylic acids is 1. The molecule has 182 valence electrons. The monoisotopic (exact) mass is 506 g/mol. The van der Waals surface area contributed by atoms with Crippen LogP contribution in [0.4, 0.5) is 9.80 Å². The first-order valence-electron chi connectivity index (χ1n) is 12.4. The van der Waals surface area contributed by atoms with Crippen molar-refractivity contribution in [3.8, 4) is 16.3 Å². The van der Waals surface area contributed by atoms with E-state index in [0.29, 0.717) is 6.54 Å². The summed E-state index contributed by atoms with van der Waals surface area (Å²) in [7, 11) is 0. The molecule has 0 saturated heterocycles. The van der Waals surface area contributed by atoms with Gasteiger partial charge >= 0.3 is 6.03 Å². The van der Waals surface area contributed by atoms with Gasteiger partial charge in [0.25, 0.3) is 0 Å². The van der Waals surface area contributed by atoms with Gasteiger partial charge in [-0.1, -0.05) is 6.92 Å². The Morgan fingerprint density at radius 1 is 1.11 bits per heavy atom. The second-order valence-electron chi connectivity index (χ2n) is 9.17. The second-order valence-corrected chi connectivity index (χ2v) is 11.4. The molecule has 1 aliphatic heterocycles. The lowest BCUT2D eigenvalue weighted by Crippen LogP contribution is -2.31. The molecular formula is C26H30N6OS2. The number of aromatic amines is 1. The highest BCUT2D eigenvalue weighted by atomic mass is 32.1. The summed E-state index contributed by atoms with van der Waals surface area (Å²) < 4.78 is 2.18. The van der Waals surface area contributed by atoms with E-state index in [1.165, 1.54) is 44.3 Å². The Morgan fingerprint density at radius 3 is 2.77 bits per heavy atom. The van der Waals surface area contributed by atoms with E-state index in [9.17, 15) is 4.79 Å². The van der Waals surface area contributed by atoms with Crippen molar-refractivity contribution in [1.29, 1.82) is 0 Å². The molecule has 0 bridgehead atoms. The molecule has 0 fully saturated rings. The fourth-order valence-electron chi connectivity index (χ4n) is 5.28. The third-order valence-electron chi connectivity index (χ3n) is 7.09. The van der Waals surface area contributed by atoms with Crippen molar-refractivity contribution in [1.82, 2.24) is 24.8 Å². The van der Waals surface area contributed by atoms with Gasteiger partial charge in [-0.25, -0.2) is 9.78 Å². The van der Waals surface area contributed by atoms with Crippen molar-refractivity contribution in [2.75, 3.05) is 18.4 Å². The molecule has 4 aromatic heterocycles. The quantitative estimate of drug-likeness (QED) is 0.320. The van der Waals surface area contributed by atoms with E-state index in [0.717, 1.165) is 55.2 Å². The number of nitrogens with one attached hydrogen (secondary N) is 3. The van der Waals surface area contributed by atoms with Gasteiger partial charge in [0.15, 0.2) is 0 Å². The van der Waals surface area contributed by atoms with Gasteiger partial charge in [0.05, 0.1) is 12.0 Å².